The van der Waals surface area contributed by atoms with Crippen LogP contribution in [0.3, 0.4) is 0 Å². The Morgan fingerprint density at radius 3 is 2.57 bits per heavy atom. The van der Waals surface area contributed by atoms with Gasteiger partial charge in [-0.15, -0.1) is 0 Å². The molecule has 2 aromatic carbocycles. The first-order valence-electron chi connectivity index (χ1n) is 6.50. The molecule has 2 nitrogen and oxygen atoms in total. The number of ether oxygens (including phenoxy) is 1. The molecule has 2 rings (SSSR count). The molecule has 0 heterocycles. The van der Waals surface area contributed by atoms with Gasteiger partial charge in [-0.25, -0.2) is 8.78 Å². The second-order valence-corrected chi connectivity index (χ2v) is 5.47. The average Bonchev–Trinajstić information content (AvgIpc) is 2.45. The van der Waals surface area contributed by atoms with Gasteiger partial charge in [-0.2, -0.15) is 0 Å². The maximum absolute atomic E-state index is 14.1. The maximum atomic E-state index is 14.1. The molecule has 1 atom stereocenters. The van der Waals surface area contributed by atoms with Crippen LogP contribution in [0, 0.1) is 18.6 Å². The summed E-state index contributed by atoms with van der Waals surface area (Å²) in [5, 5.41) is 10.3. The van der Waals surface area contributed by atoms with E-state index >= 15 is 0 Å². The Kier molecular flexibility index (Phi) is 4.96. The van der Waals surface area contributed by atoms with Crippen LogP contribution >= 0.6 is 15.9 Å². The summed E-state index contributed by atoms with van der Waals surface area (Å²) < 4.78 is 33.9. The number of hydrogen-bond acceptors (Lipinski definition) is 2. The number of halogens is 3. The van der Waals surface area contributed by atoms with Crippen molar-refractivity contribution in [2.24, 2.45) is 0 Å². The van der Waals surface area contributed by atoms with E-state index in [0.29, 0.717) is 22.4 Å². The molecule has 21 heavy (non-hydrogen) atoms. The largest absolute Gasteiger partial charge is 0.493 e. The number of aryl methyl sites for hydroxylation is 1. The van der Waals surface area contributed by atoms with E-state index < -0.39 is 17.7 Å². The highest BCUT2D eigenvalue weighted by atomic mass is 79.9. The minimum Gasteiger partial charge on any atom is -0.493 e. The molecule has 0 aliphatic heterocycles. The molecule has 1 unspecified atom stereocenters. The number of aliphatic hydroxyl groups is 1. The molecule has 0 spiro atoms. The van der Waals surface area contributed by atoms with Crippen molar-refractivity contribution >= 4 is 15.9 Å². The minimum atomic E-state index is -1.38. The van der Waals surface area contributed by atoms with E-state index in [1.54, 1.807) is 18.2 Å². The van der Waals surface area contributed by atoms with Crippen molar-refractivity contribution in [3.05, 3.63) is 63.1 Å². The van der Waals surface area contributed by atoms with E-state index in [1.165, 1.54) is 13.0 Å². The first-order valence-corrected chi connectivity index (χ1v) is 7.29. The molecule has 2 aromatic rings. The van der Waals surface area contributed by atoms with Crippen molar-refractivity contribution in [3.8, 4) is 5.75 Å². The molecule has 1 N–H and O–H groups in total. The Morgan fingerprint density at radius 1 is 1.24 bits per heavy atom. The van der Waals surface area contributed by atoms with Crippen molar-refractivity contribution in [2.45, 2.75) is 20.0 Å². The van der Waals surface area contributed by atoms with Crippen LogP contribution in [-0.4, -0.2) is 11.7 Å². The lowest BCUT2D eigenvalue weighted by atomic mass is 9.98. The zero-order valence-electron chi connectivity index (χ0n) is 11.7. The van der Waals surface area contributed by atoms with Gasteiger partial charge in [0.15, 0.2) is 0 Å². The lowest BCUT2D eigenvalue weighted by Crippen LogP contribution is -2.07. The molecule has 0 bridgehead atoms. The van der Waals surface area contributed by atoms with Crippen LogP contribution in [0.2, 0.25) is 0 Å². The number of benzene rings is 2. The fraction of sp³-hybridized carbons (Fsp3) is 0.250. The average molecular weight is 357 g/mol. The van der Waals surface area contributed by atoms with Crippen LogP contribution < -0.4 is 4.74 Å². The molecule has 0 aliphatic rings. The molecule has 0 radical (unpaired) electrons. The van der Waals surface area contributed by atoms with E-state index in [9.17, 15) is 13.9 Å². The van der Waals surface area contributed by atoms with E-state index in [2.05, 4.69) is 15.9 Å². The van der Waals surface area contributed by atoms with Crippen molar-refractivity contribution in [1.82, 2.24) is 0 Å². The summed E-state index contributed by atoms with van der Waals surface area (Å²) in [6.07, 6.45) is -1.38. The second-order valence-electron chi connectivity index (χ2n) is 4.62. The summed E-state index contributed by atoms with van der Waals surface area (Å²) in [4.78, 5) is 0. The number of hydrogen-bond donors (Lipinski definition) is 1. The summed E-state index contributed by atoms with van der Waals surface area (Å²) in [5.74, 6) is -0.887. The van der Waals surface area contributed by atoms with Crippen LogP contribution in [0.25, 0.3) is 0 Å². The first-order chi connectivity index (χ1) is 9.95. The molecule has 5 heteroatoms. The fourth-order valence-electron chi connectivity index (χ4n) is 2.06. The van der Waals surface area contributed by atoms with Gasteiger partial charge in [0.2, 0.25) is 0 Å². The predicted molar refractivity (Wildman–Crippen MR) is 80.5 cm³/mol. The quantitative estimate of drug-likeness (QED) is 0.872. The van der Waals surface area contributed by atoms with Crippen LogP contribution in [0.4, 0.5) is 8.78 Å². The molecule has 0 saturated carbocycles. The van der Waals surface area contributed by atoms with Gasteiger partial charge >= 0.3 is 0 Å². The standard InChI is InChI=1S/C16H15BrF2O2/c1-3-21-13-7-5-10(8-11(13)17)16(20)14-12(18)6-4-9(2)15(14)19/h4-8,16,20H,3H2,1-2H3. The fourth-order valence-corrected chi connectivity index (χ4v) is 2.57. The van der Waals surface area contributed by atoms with E-state index in [-0.39, 0.29) is 11.1 Å². The molecule has 0 amide bonds. The van der Waals surface area contributed by atoms with Crippen molar-refractivity contribution < 1.29 is 18.6 Å². The van der Waals surface area contributed by atoms with Crippen LogP contribution in [0.15, 0.2) is 34.8 Å². The Bertz CT molecular complexity index is 659. The third-order valence-electron chi connectivity index (χ3n) is 3.16. The Morgan fingerprint density at radius 2 is 1.95 bits per heavy atom. The summed E-state index contributed by atoms with van der Waals surface area (Å²) in [7, 11) is 0. The SMILES string of the molecule is CCOc1ccc(C(O)c2c(F)ccc(C)c2F)cc1Br. The predicted octanol–water partition coefficient (Wildman–Crippen LogP) is 4.52. The van der Waals surface area contributed by atoms with Crippen molar-refractivity contribution in [1.29, 1.82) is 0 Å². The van der Waals surface area contributed by atoms with Gasteiger partial charge in [0, 0.05) is 0 Å². The van der Waals surface area contributed by atoms with Gasteiger partial charge in [0.25, 0.3) is 0 Å². The normalized spacial score (nSPS) is 12.3. The Balaban J connectivity index is 2.43. The zero-order valence-corrected chi connectivity index (χ0v) is 13.2. The topological polar surface area (TPSA) is 29.5 Å². The highest BCUT2D eigenvalue weighted by Crippen LogP contribution is 2.33. The maximum Gasteiger partial charge on any atom is 0.135 e. The van der Waals surface area contributed by atoms with Gasteiger partial charge in [-0.3, -0.25) is 0 Å². The lowest BCUT2D eigenvalue weighted by Gasteiger charge is -2.16. The van der Waals surface area contributed by atoms with Crippen molar-refractivity contribution in [2.75, 3.05) is 6.61 Å². The van der Waals surface area contributed by atoms with Gasteiger partial charge < -0.3 is 9.84 Å². The van der Waals surface area contributed by atoms with Gasteiger partial charge in [0.1, 0.15) is 23.5 Å². The van der Waals surface area contributed by atoms with E-state index in [1.807, 2.05) is 6.92 Å². The van der Waals surface area contributed by atoms with Crippen LogP contribution in [0.5, 0.6) is 5.75 Å². The zero-order chi connectivity index (χ0) is 15.6. The molecule has 0 saturated heterocycles. The third-order valence-corrected chi connectivity index (χ3v) is 3.78. The highest BCUT2D eigenvalue weighted by molar-refractivity contribution is 9.10. The van der Waals surface area contributed by atoms with Gasteiger partial charge in [-0.1, -0.05) is 12.1 Å². The Hall–Kier alpha value is -1.46. The summed E-state index contributed by atoms with van der Waals surface area (Å²) in [6, 6.07) is 7.33. The van der Waals surface area contributed by atoms with E-state index in [0.717, 1.165) is 6.07 Å². The second kappa shape index (κ2) is 6.54. The van der Waals surface area contributed by atoms with Crippen LogP contribution in [0.1, 0.15) is 29.7 Å². The molecule has 112 valence electrons. The smallest absolute Gasteiger partial charge is 0.135 e. The molecule has 0 aromatic heterocycles. The van der Waals surface area contributed by atoms with Gasteiger partial charge in [0.05, 0.1) is 16.6 Å². The Labute approximate surface area is 130 Å². The lowest BCUT2D eigenvalue weighted by molar-refractivity contribution is 0.208. The molecule has 0 fully saturated rings. The van der Waals surface area contributed by atoms with Crippen molar-refractivity contribution in [3.63, 3.8) is 0 Å². The molecular weight excluding hydrogens is 342 g/mol. The summed E-state index contributed by atoms with van der Waals surface area (Å²) >= 11 is 3.32. The van der Waals surface area contributed by atoms with Crippen LogP contribution in [-0.2, 0) is 0 Å². The third kappa shape index (κ3) is 3.24. The minimum absolute atomic E-state index is 0.287. The first kappa shape index (κ1) is 15.9. The monoisotopic (exact) mass is 356 g/mol. The summed E-state index contributed by atoms with van der Waals surface area (Å²) in [6.45, 7) is 3.88. The number of rotatable bonds is 4. The number of aliphatic hydroxyl groups excluding tert-OH is 1. The molecular formula is C16H15BrF2O2. The summed E-state index contributed by atoms with van der Waals surface area (Å²) in [5.41, 5.74) is 0.329. The highest BCUT2D eigenvalue weighted by Gasteiger charge is 2.21. The van der Waals surface area contributed by atoms with E-state index in [4.69, 9.17) is 4.74 Å². The van der Waals surface area contributed by atoms with Gasteiger partial charge in [-0.05, 0) is 59.1 Å². The molecule has 0 aliphatic carbocycles.